The molecule has 0 bridgehead atoms. The second-order valence-corrected chi connectivity index (χ2v) is 5.48. The number of fused-ring (bicyclic) bond motifs is 1. The molecule has 2 aromatic heterocycles. The highest BCUT2D eigenvalue weighted by atomic mass is 35.5. The normalized spacial score (nSPS) is 11.5. The van der Waals surface area contributed by atoms with E-state index in [2.05, 4.69) is 10.1 Å². The van der Waals surface area contributed by atoms with Gasteiger partial charge in [0.25, 0.3) is 5.56 Å². The Morgan fingerprint density at radius 2 is 2.15 bits per heavy atom. The van der Waals surface area contributed by atoms with Crippen LogP contribution in [0, 0.1) is 6.92 Å². The summed E-state index contributed by atoms with van der Waals surface area (Å²) in [6.45, 7) is 1.75. The van der Waals surface area contributed by atoms with E-state index in [-0.39, 0.29) is 5.56 Å². The van der Waals surface area contributed by atoms with Crippen molar-refractivity contribution in [3.63, 3.8) is 0 Å². The minimum Gasteiger partial charge on any atom is -0.267 e. The maximum absolute atomic E-state index is 12.3. The monoisotopic (exact) mass is 303 g/mol. The van der Waals surface area contributed by atoms with Gasteiger partial charge in [0, 0.05) is 10.6 Å². The van der Waals surface area contributed by atoms with E-state index >= 15 is 0 Å². The molecular formula is C14H10ClN3OS. The Hall–Kier alpha value is -1.98. The lowest BCUT2D eigenvalue weighted by atomic mass is 10.2. The Labute approximate surface area is 124 Å². The molecule has 0 N–H and O–H groups in total. The van der Waals surface area contributed by atoms with Gasteiger partial charge < -0.3 is 0 Å². The first-order valence-corrected chi connectivity index (χ1v) is 7.18. The van der Waals surface area contributed by atoms with Crippen molar-refractivity contribution in [1.82, 2.24) is 9.66 Å². The van der Waals surface area contributed by atoms with E-state index < -0.39 is 0 Å². The predicted octanol–water partition coefficient (Wildman–Crippen LogP) is 3.30. The number of hydrogen-bond acceptors (Lipinski definition) is 4. The molecule has 0 atom stereocenters. The molecule has 0 fully saturated rings. The third-order valence-electron chi connectivity index (χ3n) is 2.85. The summed E-state index contributed by atoms with van der Waals surface area (Å²) in [7, 11) is 0. The molecule has 0 amide bonds. The molecule has 3 aromatic rings. The molecule has 0 aliphatic carbocycles. The van der Waals surface area contributed by atoms with Crippen LogP contribution in [0.5, 0.6) is 0 Å². The second kappa shape index (κ2) is 5.19. The van der Waals surface area contributed by atoms with Gasteiger partial charge in [0.15, 0.2) is 0 Å². The molecule has 0 radical (unpaired) electrons. The summed E-state index contributed by atoms with van der Waals surface area (Å²) in [5.41, 5.74) is 0.586. The average molecular weight is 304 g/mol. The number of hydrogen-bond donors (Lipinski definition) is 0. The van der Waals surface area contributed by atoms with E-state index in [0.717, 1.165) is 10.4 Å². The molecule has 3 rings (SSSR count). The van der Waals surface area contributed by atoms with Crippen LogP contribution in [0.4, 0.5) is 0 Å². The Kier molecular flexibility index (Phi) is 3.38. The number of nitrogens with zero attached hydrogens (tertiary/aromatic N) is 3. The first-order valence-electron chi connectivity index (χ1n) is 5.92. The summed E-state index contributed by atoms with van der Waals surface area (Å²) in [6, 6.07) is 9.08. The number of thiophene rings is 1. The van der Waals surface area contributed by atoms with Crippen LogP contribution in [-0.4, -0.2) is 15.9 Å². The lowest BCUT2D eigenvalue weighted by Gasteiger charge is -2.03. The summed E-state index contributed by atoms with van der Waals surface area (Å²) in [6.07, 6.45) is 1.57. The molecule has 0 aliphatic heterocycles. The van der Waals surface area contributed by atoms with Crippen molar-refractivity contribution in [3.8, 4) is 0 Å². The zero-order valence-electron chi connectivity index (χ0n) is 10.6. The molecule has 0 unspecified atom stereocenters. The largest absolute Gasteiger partial charge is 0.282 e. The minimum atomic E-state index is -0.169. The first-order chi connectivity index (χ1) is 9.66. The van der Waals surface area contributed by atoms with Crippen molar-refractivity contribution in [2.24, 2.45) is 5.10 Å². The third-order valence-corrected chi connectivity index (χ3v) is 4.01. The first kappa shape index (κ1) is 13.0. The van der Waals surface area contributed by atoms with Gasteiger partial charge in [-0.05, 0) is 24.4 Å². The fourth-order valence-corrected chi connectivity index (χ4v) is 2.83. The molecule has 20 heavy (non-hydrogen) atoms. The molecule has 0 aliphatic rings. The summed E-state index contributed by atoms with van der Waals surface area (Å²) in [5, 5.41) is 7.22. The maximum Gasteiger partial charge on any atom is 0.282 e. The van der Waals surface area contributed by atoms with Crippen molar-refractivity contribution in [2.45, 2.75) is 6.92 Å². The van der Waals surface area contributed by atoms with Gasteiger partial charge in [0.2, 0.25) is 0 Å². The minimum absolute atomic E-state index is 0.169. The van der Waals surface area contributed by atoms with Crippen LogP contribution in [0.3, 0.4) is 0 Å². The maximum atomic E-state index is 12.3. The molecule has 100 valence electrons. The smallest absolute Gasteiger partial charge is 0.267 e. The van der Waals surface area contributed by atoms with Crippen LogP contribution in [-0.2, 0) is 0 Å². The van der Waals surface area contributed by atoms with E-state index in [0.29, 0.717) is 16.2 Å². The Morgan fingerprint density at radius 1 is 1.35 bits per heavy atom. The molecule has 0 saturated carbocycles. The van der Waals surface area contributed by atoms with Crippen molar-refractivity contribution in [1.29, 1.82) is 0 Å². The second-order valence-electron chi connectivity index (χ2n) is 4.18. The van der Waals surface area contributed by atoms with Crippen LogP contribution < -0.4 is 5.56 Å². The summed E-state index contributed by atoms with van der Waals surface area (Å²) in [5.74, 6) is 0.549. The molecule has 0 spiro atoms. The van der Waals surface area contributed by atoms with Crippen LogP contribution in [0.1, 0.15) is 11.4 Å². The number of benzene rings is 1. The Balaban J connectivity index is 2.11. The van der Waals surface area contributed by atoms with Gasteiger partial charge >= 0.3 is 0 Å². The van der Waals surface area contributed by atoms with E-state index in [4.69, 9.17) is 11.6 Å². The molecular weight excluding hydrogens is 294 g/mol. The number of aryl methyl sites for hydroxylation is 1. The van der Waals surface area contributed by atoms with Gasteiger partial charge in [-0.2, -0.15) is 9.78 Å². The van der Waals surface area contributed by atoms with Crippen LogP contribution in [0.15, 0.2) is 45.6 Å². The van der Waals surface area contributed by atoms with Gasteiger partial charge in [0.05, 0.1) is 11.6 Å². The summed E-state index contributed by atoms with van der Waals surface area (Å²) < 4.78 is 1.29. The highest BCUT2D eigenvalue weighted by Gasteiger charge is 2.07. The van der Waals surface area contributed by atoms with Crippen LogP contribution >= 0.6 is 22.9 Å². The van der Waals surface area contributed by atoms with Gasteiger partial charge in [-0.15, -0.1) is 11.3 Å². The van der Waals surface area contributed by atoms with Gasteiger partial charge in [-0.1, -0.05) is 29.8 Å². The highest BCUT2D eigenvalue weighted by Crippen LogP contribution is 2.15. The number of halogens is 1. The van der Waals surface area contributed by atoms with Crippen molar-refractivity contribution < 1.29 is 0 Å². The van der Waals surface area contributed by atoms with Crippen LogP contribution in [0.2, 0.25) is 5.02 Å². The number of rotatable bonds is 2. The molecule has 1 aromatic carbocycles. The highest BCUT2D eigenvalue weighted by molar-refractivity contribution is 7.16. The number of aromatic nitrogens is 2. The van der Waals surface area contributed by atoms with Gasteiger partial charge in [0.1, 0.15) is 10.7 Å². The van der Waals surface area contributed by atoms with E-state index in [9.17, 15) is 4.79 Å². The van der Waals surface area contributed by atoms with Crippen molar-refractivity contribution in [3.05, 3.63) is 62.5 Å². The van der Waals surface area contributed by atoms with Crippen molar-refractivity contribution >= 4 is 39.4 Å². The molecule has 4 nitrogen and oxygen atoms in total. The average Bonchev–Trinajstić information content (AvgIpc) is 2.88. The molecule has 0 saturated heterocycles. The standard InChI is InChI=1S/C14H10ClN3OS/c1-9-17-13-11(6-7-20-13)14(19)18(9)16-8-10-4-2-3-5-12(10)15/h2-8H,1H3/b16-8-. The zero-order chi connectivity index (χ0) is 14.1. The Bertz CT molecular complexity index is 866. The van der Waals surface area contributed by atoms with Crippen molar-refractivity contribution in [2.75, 3.05) is 0 Å². The molecule has 6 heteroatoms. The Morgan fingerprint density at radius 3 is 2.95 bits per heavy atom. The zero-order valence-corrected chi connectivity index (χ0v) is 12.1. The van der Waals surface area contributed by atoms with Gasteiger partial charge in [-0.25, -0.2) is 4.98 Å². The molecule has 2 heterocycles. The van der Waals surface area contributed by atoms with Gasteiger partial charge in [-0.3, -0.25) is 4.79 Å². The topological polar surface area (TPSA) is 47.2 Å². The predicted molar refractivity (Wildman–Crippen MR) is 83.1 cm³/mol. The van der Waals surface area contributed by atoms with Crippen LogP contribution in [0.25, 0.3) is 10.2 Å². The fourth-order valence-electron chi connectivity index (χ4n) is 1.84. The SMILES string of the molecule is Cc1nc2sccc2c(=O)n1/N=C\c1ccccc1Cl. The summed E-state index contributed by atoms with van der Waals surface area (Å²) in [4.78, 5) is 17.4. The third kappa shape index (κ3) is 2.26. The van der Waals surface area contributed by atoms with E-state index in [1.54, 1.807) is 25.3 Å². The fraction of sp³-hybridized carbons (Fsp3) is 0.0714. The lowest BCUT2D eigenvalue weighted by Crippen LogP contribution is -2.19. The van der Waals surface area contributed by atoms with E-state index in [1.165, 1.54) is 16.0 Å². The lowest BCUT2D eigenvalue weighted by molar-refractivity contribution is 0.772. The summed E-state index contributed by atoms with van der Waals surface area (Å²) >= 11 is 7.50. The quantitative estimate of drug-likeness (QED) is 0.682. The van der Waals surface area contributed by atoms with E-state index in [1.807, 2.05) is 23.6 Å².